The predicted molar refractivity (Wildman–Crippen MR) is 96.5 cm³/mol. The van der Waals surface area contributed by atoms with Crippen molar-refractivity contribution in [3.63, 3.8) is 0 Å². The Morgan fingerprint density at radius 3 is 1.50 bits per heavy atom. The summed E-state index contributed by atoms with van der Waals surface area (Å²) in [6.45, 7) is 5.82. The smallest absolute Gasteiger partial charge is 0.125 e. The molecule has 1 aliphatic carbocycles. The molecule has 22 heavy (non-hydrogen) atoms. The zero-order chi connectivity index (χ0) is 25.4. The highest BCUT2D eigenvalue weighted by Gasteiger charge is 2.68. The van der Waals surface area contributed by atoms with Gasteiger partial charge >= 0.3 is 0 Å². The first kappa shape index (κ1) is 9.48. The van der Waals surface area contributed by atoms with Crippen LogP contribution in [0.25, 0.3) is 0 Å². The fourth-order valence-corrected chi connectivity index (χ4v) is 3.85. The number of hydrogen-bond donors (Lipinski definition) is 0. The average Bonchev–Trinajstić information content (AvgIpc) is 3.03. The average molecular weight is 314 g/mol. The monoisotopic (exact) mass is 313 g/mol. The molecule has 0 spiro atoms. The normalized spacial score (nSPS) is 31.2. The molecule has 0 aliphatic heterocycles. The van der Waals surface area contributed by atoms with E-state index in [1.807, 2.05) is 5.94 Å². The van der Waals surface area contributed by atoms with Gasteiger partial charge in [0, 0.05) is 17.9 Å². The summed E-state index contributed by atoms with van der Waals surface area (Å²) in [6, 6.07) is 0. The third-order valence-corrected chi connectivity index (χ3v) is 4.41. The SMILES string of the molecule is [2H]C([2H])([2H])C(C1=C(C(C)(C)C)C1(C(=C=O)C(C)(C)C)C(C)(C)C)(C([2H])([2H])[2H])C([2H])([2H])[2H]. The summed E-state index contributed by atoms with van der Waals surface area (Å²) in [7, 11) is 0. The third kappa shape index (κ3) is 2.73. The summed E-state index contributed by atoms with van der Waals surface area (Å²) in [5.41, 5.74) is -6.65. The van der Waals surface area contributed by atoms with Crippen molar-refractivity contribution in [3.8, 4) is 0 Å². The van der Waals surface area contributed by atoms with E-state index < -0.39 is 47.6 Å². The largest absolute Gasteiger partial charge is 0.233 e. The third-order valence-electron chi connectivity index (χ3n) is 4.41. The number of carbonyl (C=O) groups excluding carboxylic acids is 1. The minimum Gasteiger partial charge on any atom is -0.233 e. The number of rotatable bonds is 1. The quantitative estimate of drug-likeness (QED) is 0.414. The van der Waals surface area contributed by atoms with Crippen LogP contribution in [0.15, 0.2) is 16.7 Å². The van der Waals surface area contributed by atoms with Gasteiger partial charge in [-0.15, -0.1) is 0 Å². The Kier molecular flexibility index (Phi) is 2.09. The molecular formula is C21H36O. The van der Waals surface area contributed by atoms with Gasteiger partial charge in [0.25, 0.3) is 0 Å². The molecule has 126 valence electrons. The van der Waals surface area contributed by atoms with Crippen LogP contribution in [-0.4, -0.2) is 5.94 Å². The Balaban J connectivity index is 4.47. The van der Waals surface area contributed by atoms with Gasteiger partial charge in [0.15, 0.2) is 0 Å². The van der Waals surface area contributed by atoms with Gasteiger partial charge in [-0.05, 0) is 32.8 Å². The molecule has 1 aliphatic rings. The summed E-state index contributed by atoms with van der Waals surface area (Å²) < 4.78 is 74.0. The molecule has 0 aromatic heterocycles. The molecule has 1 nitrogen and oxygen atoms in total. The highest BCUT2D eigenvalue weighted by atomic mass is 16.1. The van der Waals surface area contributed by atoms with Gasteiger partial charge in [-0.2, -0.15) is 0 Å². The Morgan fingerprint density at radius 2 is 1.27 bits per heavy atom. The van der Waals surface area contributed by atoms with Gasteiger partial charge in [-0.3, -0.25) is 0 Å². The van der Waals surface area contributed by atoms with Crippen LogP contribution in [0, 0.1) is 27.1 Å². The lowest BCUT2D eigenvalue weighted by Gasteiger charge is -2.43. The van der Waals surface area contributed by atoms with E-state index in [-0.39, 0.29) is 11.1 Å². The summed E-state index contributed by atoms with van der Waals surface area (Å²) in [4.78, 5) is 12.4. The van der Waals surface area contributed by atoms with Crippen LogP contribution in [0.4, 0.5) is 0 Å². The lowest BCUT2D eigenvalue weighted by Crippen LogP contribution is -2.38. The summed E-state index contributed by atoms with van der Waals surface area (Å²) in [6.07, 6.45) is 0. The Morgan fingerprint density at radius 1 is 0.864 bits per heavy atom. The lowest BCUT2D eigenvalue weighted by molar-refractivity contribution is 0.202. The maximum Gasteiger partial charge on any atom is 0.125 e. The fourth-order valence-electron chi connectivity index (χ4n) is 3.85. The molecule has 0 fully saturated rings. The molecular weight excluding hydrogens is 268 g/mol. The van der Waals surface area contributed by atoms with Crippen LogP contribution >= 0.6 is 0 Å². The van der Waals surface area contributed by atoms with Crippen molar-refractivity contribution in [1.29, 1.82) is 0 Å². The molecule has 0 saturated heterocycles. The predicted octanol–water partition coefficient (Wildman–Crippen LogP) is 6.23. The standard InChI is InChI=1S/C21H36O/c1-17(2,3)14(13-22)21(20(10,11)12)15(18(4,5)6)16(21)19(7,8)9/h1-12H3/i4D3,5D3,6D3. The van der Waals surface area contributed by atoms with Crippen molar-refractivity contribution in [2.75, 3.05) is 0 Å². The van der Waals surface area contributed by atoms with Crippen molar-refractivity contribution < 1.29 is 17.1 Å². The van der Waals surface area contributed by atoms with Gasteiger partial charge in [-0.25, -0.2) is 4.79 Å². The van der Waals surface area contributed by atoms with Crippen molar-refractivity contribution in [2.24, 2.45) is 27.1 Å². The minimum absolute atomic E-state index is 0.173. The van der Waals surface area contributed by atoms with Crippen LogP contribution in [0.5, 0.6) is 0 Å². The van der Waals surface area contributed by atoms with E-state index in [4.69, 9.17) is 12.3 Å². The van der Waals surface area contributed by atoms with Crippen molar-refractivity contribution in [2.45, 2.75) is 82.9 Å². The molecule has 1 unspecified atom stereocenters. The zero-order valence-electron chi connectivity index (χ0n) is 24.4. The highest BCUT2D eigenvalue weighted by Crippen LogP contribution is 2.76. The molecule has 0 bridgehead atoms. The van der Waals surface area contributed by atoms with Crippen LogP contribution in [-0.2, 0) is 4.79 Å². The van der Waals surface area contributed by atoms with E-state index in [0.29, 0.717) is 5.57 Å². The minimum atomic E-state index is -3.38. The van der Waals surface area contributed by atoms with E-state index in [0.717, 1.165) is 0 Å². The molecule has 0 heterocycles. The first-order valence-electron chi connectivity index (χ1n) is 12.2. The Bertz CT molecular complexity index is 776. The second-order valence-electron chi connectivity index (χ2n) is 9.48. The first-order chi connectivity index (χ1) is 13.2. The number of hydrogen-bond acceptors (Lipinski definition) is 1. The maximum absolute atomic E-state index is 12.4. The summed E-state index contributed by atoms with van der Waals surface area (Å²) in [5, 5.41) is 0. The lowest BCUT2D eigenvalue weighted by atomic mass is 9.58. The van der Waals surface area contributed by atoms with Crippen LogP contribution in [0.2, 0.25) is 0 Å². The van der Waals surface area contributed by atoms with Gasteiger partial charge in [0.1, 0.15) is 5.94 Å². The van der Waals surface area contributed by atoms with E-state index in [1.54, 1.807) is 62.3 Å². The van der Waals surface area contributed by atoms with Crippen molar-refractivity contribution in [1.82, 2.24) is 0 Å². The summed E-state index contributed by atoms with van der Waals surface area (Å²) in [5.74, 6) is 1.98. The molecule has 0 aromatic rings. The van der Waals surface area contributed by atoms with Crippen molar-refractivity contribution >= 4 is 5.94 Å². The molecule has 0 aromatic carbocycles. The van der Waals surface area contributed by atoms with Gasteiger partial charge < -0.3 is 0 Å². The van der Waals surface area contributed by atoms with Crippen LogP contribution in [0.3, 0.4) is 0 Å². The van der Waals surface area contributed by atoms with E-state index in [9.17, 15) is 4.79 Å². The molecule has 0 saturated carbocycles. The zero-order valence-corrected chi connectivity index (χ0v) is 15.4. The molecule has 0 radical (unpaired) electrons. The maximum atomic E-state index is 12.4. The second-order valence-corrected chi connectivity index (χ2v) is 9.48. The first-order valence-corrected chi connectivity index (χ1v) is 7.70. The highest BCUT2D eigenvalue weighted by molar-refractivity contribution is 5.73. The van der Waals surface area contributed by atoms with Crippen molar-refractivity contribution in [3.05, 3.63) is 16.7 Å². The van der Waals surface area contributed by atoms with Gasteiger partial charge in [-0.1, -0.05) is 82.9 Å². The Hall–Kier alpha value is -0.810. The summed E-state index contributed by atoms with van der Waals surface area (Å²) >= 11 is 0. The molecule has 1 rings (SSSR count). The number of allylic oxidation sites excluding steroid dienone is 3. The van der Waals surface area contributed by atoms with E-state index >= 15 is 0 Å². The second kappa shape index (κ2) is 4.84. The van der Waals surface area contributed by atoms with Gasteiger partial charge in [0.2, 0.25) is 0 Å². The molecule has 0 amide bonds. The van der Waals surface area contributed by atoms with E-state index in [2.05, 4.69) is 0 Å². The van der Waals surface area contributed by atoms with Gasteiger partial charge in [0.05, 0.1) is 5.41 Å². The fraction of sp³-hybridized carbons (Fsp3) is 0.810. The van der Waals surface area contributed by atoms with Crippen LogP contribution < -0.4 is 0 Å². The molecule has 1 atom stereocenters. The topological polar surface area (TPSA) is 17.1 Å². The van der Waals surface area contributed by atoms with Crippen LogP contribution in [0.1, 0.15) is 95.2 Å². The molecule has 0 N–H and O–H groups in total. The van der Waals surface area contributed by atoms with E-state index in [1.165, 1.54) is 0 Å². The molecule has 1 heteroatoms. The Labute approximate surface area is 150 Å².